The zero-order valence-electron chi connectivity index (χ0n) is 12.7. The van der Waals surface area contributed by atoms with Gasteiger partial charge < -0.3 is 10.2 Å². The molecule has 1 aromatic carbocycles. The van der Waals surface area contributed by atoms with Gasteiger partial charge in [-0.2, -0.15) is 11.8 Å². The zero-order chi connectivity index (χ0) is 14.5. The summed E-state index contributed by atoms with van der Waals surface area (Å²) in [4.78, 5) is 2.44. The van der Waals surface area contributed by atoms with Gasteiger partial charge in [0.05, 0.1) is 0 Å². The maximum atomic E-state index is 6.43. The molecule has 1 N–H and O–H groups in total. The molecule has 0 saturated carbocycles. The van der Waals surface area contributed by atoms with Crippen LogP contribution < -0.4 is 10.2 Å². The normalized spacial score (nSPS) is 19.6. The van der Waals surface area contributed by atoms with Crippen LogP contribution in [0.2, 0.25) is 5.02 Å². The van der Waals surface area contributed by atoms with Crippen LogP contribution in [-0.4, -0.2) is 30.6 Å². The summed E-state index contributed by atoms with van der Waals surface area (Å²) >= 11 is 8.48. The summed E-state index contributed by atoms with van der Waals surface area (Å²) in [7, 11) is 0. The van der Waals surface area contributed by atoms with E-state index in [1.807, 2.05) is 0 Å². The van der Waals surface area contributed by atoms with Crippen LogP contribution in [-0.2, 0) is 6.54 Å². The molecule has 112 valence electrons. The number of rotatable bonds is 5. The summed E-state index contributed by atoms with van der Waals surface area (Å²) in [5, 5.41) is 5.03. The molecule has 0 spiro atoms. The zero-order valence-corrected chi connectivity index (χ0v) is 14.2. The Labute approximate surface area is 132 Å². The second kappa shape index (κ2) is 7.58. The van der Waals surface area contributed by atoms with Crippen LogP contribution in [0.25, 0.3) is 0 Å². The molecule has 2 rings (SSSR count). The number of hydrogen-bond donors (Lipinski definition) is 1. The molecule has 0 radical (unpaired) electrons. The monoisotopic (exact) mass is 312 g/mol. The van der Waals surface area contributed by atoms with Crippen LogP contribution in [0.15, 0.2) is 18.2 Å². The molecule has 4 heteroatoms. The minimum Gasteiger partial charge on any atom is -0.370 e. The van der Waals surface area contributed by atoms with Crippen LogP contribution in [0, 0.1) is 5.92 Å². The van der Waals surface area contributed by atoms with Gasteiger partial charge in [-0.05, 0) is 30.2 Å². The van der Waals surface area contributed by atoms with Gasteiger partial charge in [0.1, 0.15) is 0 Å². The van der Waals surface area contributed by atoms with Gasteiger partial charge in [-0.25, -0.2) is 0 Å². The van der Waals surface area contributed by atoms with Crippen LogP contribution in [0.1, 0.15) is 26.3 Å². The number of halogens is 1. The lowest BCUT2D eigenvalue weighted by molar-refractivity contribution is 0.552. The minimum atomic E-state index is 0.667. The van der Waals surface area contributed by atoms with Crippen molar-refractivity contribution in [1.29, 1.82) is 0 Å². The van der Waals surface area contributed by atoms with Gasteiger partial charge in [0.15, 0.2) is 0 Å². The Morgan fingerprint density at radius 1 is 1.45 bits per heavy atom. The molecule has 1 aliphatic heterocycles. The second-order valence-corrected chi connectivity index (χ2v) is 7.88. The molecule has 20 heavy (non-hydrogen) atoms. The first-order valence-electron chi connectivity index (χ1n) is 7.42. The van der Waals surface area contributed by atoms with Crippen molar-refractivity contribution < 1.29 is 0 Å². The maximum Gasteiger partial charge on any atom is 0.0471 e. The number of hydrogen-bond acceptors (Lipinski definition) is 3. The van der Waals surface area contributed by atoms with Crippen molar-refractivity contribution in [2.75, 3.05) is 30.3 Å². The molecule has 1 atom stereocenters. The largest absolute Gasteiger partial charge is 0.370 e. The predicted octanol–water partition coefficient (Wildman–Crippen LogP) is 4.03. The first-order chi connectivity index (χ1) is 9.56. The van der Waals surface area contributed by atoms with Gasteiger partial charge in [-0.15, -0.1) is 0 Å². The second-order valence-electron chi connectivity index (χ2n) is 5.93. The summed E-state index contributed by atoms with van der Waals surface area (Å²) in [6.07, 6.45) is 0. The third kappa shape index (κ3) is 4.57. The molecule has 0 aliphatic carbocycles. The SMILES string of the molecule is CC(C)CNCc1ccc(N2CCSC(C)C2)cc1Cl. The summed E-state index contributed by atoms with van der Waals surface area (Å²) in [5.41, 5.74) is 2.45. The van der Waals surface area contributed by atoms with Crippen molar-refractivity contribution in [2.45, 2.75) is 32.6 Å². The molecule has 1 aliphatic rings. The fourth-order valence-corrected chi connectivity index (χ4v) is 3.68. The Balaban J connectivity index is 1.98. The van der Waals surface area contributed by atoms with Crippen molar-refractivity contribution in [3.05, 3.63) is 28.8 Å². The Bertz CT molecular complexity index is 436. The topological polar surface area (TPSA) is 15.3 Å². The number of anilines is 1. The molecule has 0 amide bonds. The van der Waals surface area contributed by atoms with Crippen molar-refractivity contribution in [1.82, 2.24) is 5.32 Å². The van der Waals surface area contributed by atoms with E-state index in [2.05, 4.69) is 60.9 Å². The van der Waals surface area contributed by atoms with Gasteiger partial charge in [-0.1, -0.05) is 38.4 Å². The van der Waals surface area contributed by atoms with Crippen LogP contribution in [0.4, 0.5) is 5.69 Å². The van der Waals surface area contributed by atoms with Crippen molar-refractivity contribution in [2.24, 2.45) is 5.92 Å². The molecular weight excluding hydrogens is 288 g/mol. The van der Waals surface area contributed by atoms with Crippen molar-refractivity contribution in [3.8, 4) is 0 Å². The number of thioether (sulfide) groups is 1. The van der Waals surface area contributed by atoms with Crippen LogP contribution in [0.5, 0.6) is 0 Å². The smallest absolute Gasteiger partial charge is 0.0471 e. The highest BCUT2D eigenvalue weighted by Crippen LogP contribution is 2.27. The molecule has 2 nitrogen and oxygen atoms in total. The van der Waals surface area contributed by atoms with E-state index >= 15 is 0 Å². The van der Waals surface area contributed by atoms with E-state index in [1.165, 1.54) is 17.0 Å². The summed E-state index contributed by atoms with van der Waals surface area (Å²) in [5.74, 6) is 1.87. The van der Waals surface area contributed by atoms with E-state index in [-0.39, 0.29) is 0 Å². The van der Waals surface area contributed by atoms with Gasteiger partial charge in [-0.3, -0.25) is 0 Å². The first-order valence-corrected chi connectivity index (χ1v) is 8.84. The van der Waals surface area contributed by atoms with E-state index in [1.54, 1.807) is 0 Å². The highest BCUT2D eigenvalue weighted by Gasteiger charge is 2.17. The van der Waals surface area contributed by atoms with E-state index in [0.29, 0.717) is 11.2 Å². The fraction of sp³-hybridized carbons (Fsp3) is 0.625. The van der Waals surface area contributed by atoms with Crippen molar-refractivity contribution in [3.63, 3.8) is 0 Å². The predicted molar refractivity (Wildman–Crippen MR) is 92.1 cm³/mol. The Morgan fingerprint density at radius 3 is 2.90 bits per heavy atom. The van der Waals surface area contributed by atoms with Crippen LogP contribution in [0.3, 0.4) is 0 Å². The molecule has 1 unspecified atom stereocenters. The average molecular weight is 313 g/mol. The van der Waals surface area contributed by atoms with E-state index in [9.17, 15) is 0 Å². The number of benzene rings is 1. The van der Waals surface area contributed by atoms with Crippen LogP contribution >= 0.6 is 23.4 Å². The lowest BCUT2D eigenvalue weighted by Gasteiger charge is -2.32. The van der Waals surface area contributed by atoms with Gasteiger partial charge in [0.2, 0.25) is 0 Å². The number of nitrogens with zero attached hydrogens (tertiary/aromatic N) is 1. The fourth-order valence-electron chi connectivity index (χ4n) is 2.42. The molecular formula is C16H25ClN2S. The van der Waals surface area contributed by atoms with Gasteiger partial charge >= 0.3 is 0 Å². The number of nitrogens with one attached hydrogen (secondary N) is 1. The molecule has 1 aromatic rings. The highest BCUT2D eigenvalue weighted by atomic mass is 35.5. The third-order valence-corrected chi connectivity index (χ3v) is 5.00. The summed E-state index contributed by atoms with van der Waals surface area (Å²) in [6, 6.07) is 6.50. The molecule has 1 saturated heterocycles. The van der Waals surface area contributed by atoms with Gasteiger partial charge in [0.25, 0.3) is 0 Å². The summed E-state index contributed by atoms with van der Waals surface area (Å²) in [6.45, 7) is 10.8. The lowest BCUT2D eigenvalue weighted by atomic mass is 10.1. The van der Waals surface area contributed by atoms with E-state index in [4.69, 9.17) is 11.6 Å². The Hall–Kier alpha value is -0.380. The lowest BCUT2D eigenvalue weighted by Crippen LogP contribution is -2.36. The van der Waals surface area contributed by atoms with Gasteiger partial charge in [0, 0.05) is 41.3 Å². The minimum absolute atomic E-state index is 0.667. The maximum absolute atomic E-state index is 6.43. The van der Waals surface area contributed by atoms with E-state index < -0.39 is 0 Å². The average Bonchev–Trinajstić information content (AvgIpc) is 2.40. The summed E-state index contributed by atoms with van der Waals surface area (Å²) < 4.78 is 0. The molecule has 0 aromatic heterocycles. The standard InChI is InChI=1S/C16H25ClN2S/c1-12(2)9-18-10-14-4-5-15(8-16(14)17)19-6-7-20-13(3)11-19/h4-5,8,12-13,18H,6-7,9-11H2,1-3H3. The molecule has 1 fully saturated rings. The molecule has 0 bridgehead atoms. The van der Waals surface area contributed by atoms with E-state index in [0.717, 1.165) is 31.2 Å². The Morgan fingerprint density at radius 2 is 2.25 bits per heavy atom. The third-order valence-electron chi connectivity index (χ3n) is 3.51. The van der Waals surface area contributed by atoms with Crippen molar-refractivity contribution >= 4 is 29.1 Å². The first kappa shape index (κ1) is 16.0. The Kier molecular flexibility index (Phi) is 6.06. The highest BCUT2D eigenvalue weighted by molar-refractivity contribution is 8.00. The quantitative estimate of drug-likeness (QED) is 0.884. The molecule has 1 heterocycles.